The van der Waals surface area contributed by atoms with Gasteiger partial charge in [-0.2, -0.15) is 0 Å². The summed E-state index contributed by atoms with van der Waals surface area (Å²) in [7, 11) is -2.67. The number of thiazole rings is 1. The molecule has 2 aromatic rings. The van der Waals surface area contributed by atoms with E-state index in [2.05, 4.69) is 10.3 Å². The highest BCUT2D eigenvalue weighted by Gasteiger charge is 2.37. The molecule has 144 valence electrons. The molecule has 0 atom stereocenters. The number of aliphatic hydroxyl groups is 1. The number of sulfonamides is 1. The van der Waals surface area contributed by atoms with Crippen LogP contribution in [0.3, 0.4) is 0 Å². The lowest BCUT2D eigenvalue weighted by Gasteiger charge is -2.28. The first-order chi connectivity index (χ1) is 12.6. The number of rotatable bonds is 2. The van der Waals surface area contributed by atoms with Crippen molar-refractivity contribution in [2.24, 2.45) is 0 Å². The quantitative estimate of drug-likeness (QED) is 0.688. The molecule has 0 spiro atoms. The Morgan fingerprint density at radius 2 is 1.85 bits per heavy atom. The van der Waals surface area contributed by atoms with Crippen LogP contribution in [-0.4, -0.2) is 46.8 Å². The molecule has 1 aromatic heterocycles. The van der Waals surface area contributed by atoms with Crippen molar-refractivity contribution in [2.75, 3.05) is 12.4 Å². The van der Waals surface area contributed by atoms with E-state index >= 15 is 0 Å². The second-order valence-corrected chi connectivity index (χ2v) is 8.59. The van der Waals surface area contributed by atoms with Crippen molar-refractivity contribution < 1.29 is 28.2 Å². The van der Waals surface area contributed by atoms with Gasteiger partial charge in [0.15, 0.2) is 16.6 Å². The number of anilines is 1. The predicted octanol–water partition coefficient (Wildman–Crippen LogP) is 2.04. The van der Waals surface area contributed by atoms with E-state index in [-0.39, 0.29) is 21.9 Å². The Kier molecular flexibility index (Phi) is 5.86. The monoisotopic (exact) mass is 411 g/mol. The van der Waals surface area contributed by atoms with Crippen LogP contribution in [-0.2, 0) is 19.6 Å². The molecule has 0 bridgehead atoms. The first-order valence-electron chi connectivity index (χ1n) is 7.50. The van der Waals surface area contributed by atoms with Crippen LogP contribution >= 0.6 is 11.3 Å². The van der Waals surface area contributed by atoms with E-state index in [0.29, 0.717) is 5.13 Å². The van der Waals surface area contributed by atoms with Gasteiger partial charge in [0.1, 0.15) is 0 Å². The number of hydrogen-bond donors (Lipinski definition) is 3. The summed E-state index contributed by atoms with van der Waals surface area (Å²) in [6.07, 6.45) is 1.59. The number of benzene rings is 1. The van der Waals surface area contributed by atoms with Crippen LogP contribution in [0.5, 0.6) is 0 Å². The fraction of sp³-hybridized carbons (Fsp3) is 0.188. The SMILES string of the molecule is CC(=O)O.Cc1cnc(NC(=O)C2=C(O)c3ccccc3S(=O)(=O)N2C)s1. The molecule has 2 heterocycles. The maximum atomic E-state index is 12.5. The molecule has 27 heavy (non-hydrogen) atoms. The third-order valence-electron chi connectivity index (χ3n) is 3.38. The fourth-order valence-corrected chi connectivity index (χ4v) is 4.31. The molecule has 11 heteroatoms. The normalized spacial score (nSPS) is 14.7. The molecule has 0 unspecified atom stereocenters. The predicted molar refractivity (Wildman–Crippen MR) is 99.7 cm³/mol. The second kappa shape index (κ2) is 7.76. The van der Waals surface area contributed by atoms with E-state index in [0.717, 1.165) is 16.1 Å². The zero-order valence-corrected chi connectivity index (χ0v) is 16.3. The summed E-state index contributed by atoms with van der Waals surface area (Å²) in [6.45, 7) is 2.91. The first-order valence-corrected chi connectivity index (χ1v) is 9.76. The van der Waals surface area contributed by atoms with Gasteiger partial charge in [-0.05, 0) is 19.1 Å². The summed E-state index contributed by atoms with van der Waals surface area (Å²) in [5, 5.41) is 20.6. The van der Waals surface area contributed by atoms with Crippen molar-refractivity contribution in [1.82, 2.24) is 9.29 Å². The van der Waals surface area contributed by atoms with Gasteiger partial charge in [0.25, 0.3) is 21.9 Å². The van der Waals surface area contributed by atoms with Crippen molar-refractivity contribution >= 4 is 44.1 Å². The van der Waals surface area contributed by atoms with Crippen molar-refractivity contribution in [1.29, 1.82) is 0 Å². The molecular weight excluding hydrogens is 394 g/mol. The van der Waals surface area contributed by atoms with E-state index in [1.54, 1.807) is 18.3 Å². The summed E-state index contributed by atoms with van der Waals surface area (Å²) in [6, 6.07) is 5.99. The highest BCUT2D eigenvalue weighted by molar-refractivity contribution is 7.89. The van der Waals surface area contributed by atoms with Crippen LogP contribution in [0.4, 0.5) is 5.13 Å². The Hall–Kier alpha value is -2.92. The number of carboxylic acids is 1. The van der Waals surface area contributed by atoms with Gasteiger partial charge in [0.05, 0.1) is 4.90 Å². The van der Waals surface area contributed by atoms with Crippen molar-refractivity contribution in [3.05, 3.63) is 46.6 Å². The number of aryl methyl sites for hydroxylation is 1. The van der Waals surface area contributed by atoms with E-state index in [1.807, 2.05) is 6.92 Å². The number of hydrogen-bond acceptors (Lipinski definition) is 7. The smallest absolute Gasteiger partial charge is 0.300 e. The van der Waals surface area contributed by atoms with Gasteiger partial charge in [0, 0.05) is 30.6 Å². The van der Waals surface area contributed by atoms with E-state index in [4.69, 9.17) is 9.90 Å². The summed E-state index contributed by atoms with van der Waals surface area (Å²) in [5.74, 6) is -1.96. The highest BCUT2D eigenvalue weighted by atomic mass is 32.2. The van der Waals surface area contributed by atoms with E-state index < -0.39 is 21.9 Å². The van der Waals surface area contributed by atoms with Crippen LogP contribution in [0.2, 0.25) is 0 Å². The van der Waals surface area contributed by atoms with Gasteiger partial charge in [-0.3, -0.25) is 19.2 Å². The number of nitrogens with one attached hydrogen (secondary N) is 1. The molecule has 3 N–H and O–H groups in total. The molecule has 1 amide bonds. The molecule has 1 aliphatic rings. The Labute approximate surface area is 159 Å². The average Bonchev–Trinajstić information content (AvgIpc) is 2.98. The van der Waals surface area contributed by atoms with Gasteiger partial charge in [0.2, 0.25) is 0 Å². The minimum atomic E-state index is -3.90. The molecule has 3 rings (SSSR count). The standard InChI is InChI=1S/C14H13N3O4S2.C2H4O2/c1-8-7-15-14(22-8)16-13(19)11-12(18)9-5-3-4-6-10(9)23(20,21)17(11)2;1-2(3)4/h3-7,18H,1-2H3,(H,15,16,19);1H3,(H,3,4). The molecule has 0 radical (unpaired) electrons. The third-order valence-corrected chi connectivity index (χ3v) is 6.02. The van der Waals surface area contributed by atoms with Crippen LogP contribution in [0.25, 0.3) is 5.76 Å². The lowest BCUT2D eigenvalue weighted by molar-refractivity contribution is -0.134. The summed E-state index contributed by atoms with van der Waals surface area (Å²) in [5.41, 5.74) is -0.234. The summed E-state index contributed by atoms with van der Waals surface area (Å²) < 4.78 is 25.8. The number of nitrogens with zero attached hydrogens (tertiary/aromatic N) is 2. The number of aromatic nitrogens is 1. The minimum Gasteiger partial charge on any atom is -0.505 e. The zero-order chi connectivity index (χ0) is 20.4. The van der Waals surface area contributed by atoms with Gasteiger partial charge in [-0.25, -0.2) is 13.4 Å². The number of carbonyl (C=O) groups excluding carboxylic acids is 1. The highest BCUT2D eigenvalue weighted by Crippen LogP contribution is 2.34. The van der Waals surface area contributed by atoms with Gasteiger partial charge >= 0.3 is 0 Å². The Morgan fingerprint density at radius 1 is 1.26 bits per heavy atom. The average molecular weight is 411 g/mol. The van der Waals surface area contributed by atoms with Gasteiger partial charge in [-0.15, -0.1) is 11.3 Å². The third kappa shape index (κ3) is 4.26. The number of carboxylic acid groups (broad SMARTS) is 1. The van der Waals surface area contributed by atoms with E-state index in [9.17, 15) is 18.3 Å². The summed E-state index contributed by atoms with van der Waals surface area (Å²) in [4.78, 5) is 26.3. The molecule has 0 aliphatic carbocycles. The number of likely N-dealkylation sites (N-methyl/N-ethyl adjacent to an activating group) is 1. The van der Waals surface area contributed by atoms with Gasteiger partial charge in [-0.1, -0.05) is 12.1 Å². The number of aliphatic carboxylic acids is 1. The maximum Gasteiger partial charge on any atom is 0.300 e. The van der Waals surface area contributed by atoms with Crippen molar-refractivity contribution in [2.45, 2.75) is 18.7 Å². The number of carbonyl (C=O) groups is 2. The molecule has 1 aliphatic heterocycles. The van der Waals surface area contributed by atoms with Crippen LogP contribution in [0.1, 0.15) is 17.4 Å². The van der Waals surface area contributed by atoms with Crippen molar-refractivity contribution in [3.63, 3.8) is 0 Å². The number of aliphatic hydroxyl groups excluding tert-OH is 1. The lowest BCUT2D eigenvalue weighted by atomic mass is 10.1. The van der Waals surface area contributed by atoms with E-state index in [1.165, 1.54) is 30.5 Å². The number of fused-ring (bicyclic) bond motifs is 1. The molecule has 1 aromatic carbocycles. The van der Waals surface area contributed by atoms with Crippen LogP contribution < -0.4 is 5.32 Å². The lowest BCUT2D eigenvalue weighted by Crippen LogP contribution is -2.37. The fourth-order valence-electron chi connectivity index (χ4n) is 2.25. The molecule has 0 saturated carbocycles. The maximum absolute atomic E-state index is 12.5. The Balaban J connectivity index is 0.000000596. The Bertz CT molecular complexity index is 1020. The van der Waals surface area contributed by atoms with Gasteiger partial charge < -0.3 is 10.2 Å². The molecular formula is C16H17N3O6S2. The van der Waals surface area contributed by atoms with Crippen LogP contribution in [0, 0.1) is 6.92 Å². The second-order valence-electron chi connectivity index (χ2n) is 5.42. The minimum absolute atomic E-state index is 0.0401. The molecule has 9 nitrogen and oxygen atoms in total. The van der Waals surface area contributed by atoms with Crippen LogP contribution in [0.15, 0.2) is 41.1 Å². The Morgan fingerprint density at radius 3 is 2.41 bits per heavy atom. The molecule has 0 fully saturated rings. The number of amides is 1. The first kappa shape index (κ1) is 20.4. The zero-order valence-electron chi connectivity index (χ0n) is 14.6. The summed E-state index contributed by atoms with van der Waals surface area (Å²) >= 11 is 1.25. The largest absolute Gasteiger partial charge is 0.505 e. The molecule has 0 saturated heterocycles. The topological polar surface area (TPSA) is 137 Å². The van der Waals surface area contributed by atoms with Crippen molar-refractivity contribution in [3.8, 4) is 0 Å².